The monoisotopic (exact) mass is 380 g/mol. The SMILES string of the molecule is C[C@H](C(=O)NCc1ccc2c(c1)OCO2)N1CCC(Cc2ccccc2)CC1. The number of ether oxygens (including phenoxy) is 2. The second-order valence-corrected chi connectivity index (χ2v) is 7.75. The number of piperidine rings is 1. The molecule has 0 bridgehead atoms. The Labute approximate surface area is 166 Å². The number of carbonyl (C=O) groups excluding carboxylic acids is 1. The Morgan fingerprint density at radius 2 is 1.82 bits per heavy atom. The van der Waals surface area contributed by atoms with Gasteiger partial charge in [0.2, 0.25) is 12.7 Å². The highest BCUT2D eigenvalue weighted by Gasteiger charge is 2.26. The van der Waals surface area contributed by atoms with Gasteiger partial charge in [-0.2, -0.15) is 0 Å². The van der Waals surface area contributed by atoms with Gasteiger partial charge in [-0.3, -0.25) is 9.69 Å². The van der Waals surface area contributed by atoms with E-state index < -0.39 is 0 Å². The summed E-state index contributed by atoms with van der Waals surface area (Å²) in [7, 11) is 0. The normalized spacial score (nSPS) is 18.0. The van der Waals surface area contributed by atoms with Crippen LogP contribution in [0.2, 0.25) is 0 Å². The average molecular weight is 380 g/mol. The van der Waals surface area contributed by atoms with Gasteiger partial charge in [-0.15, -0.1) is 0 Å². The summed E-state index contributed by atoms with van der Waals surface area (Å²) in [6.45, 7) is 4.74. The summed E-state index contributed by atoms with van der Waals surface area (Å²) >= 11 is 0. The maximum Gasteiger partial charge on any atom is 0.237 e. The van der Waals surface area contributed by atoms with Crippen LogP contribution in [0.4, 0.5) is 0 Å². The molecule has 0 spiro atoms. The fourth-order valence-corrected chi connectivity index (χ4v) is 4.05. The number of nitrogens with zero attached hydrogens (tertiary/aromatic N) is 1. The van der Waals surface area contributed by atoms with Gasteiger partial charge in [0, 0.05) is 6.54 Å². The molecule has 0 aromatic heterocycles. The summed E-state index contributed by atoms with van der Waals surface area (Å²) in [6.07, 6.45) is 3.43. The van der Waals surface area contributed by atoms with E-state index in [0.29, 0.717) is 12.5 Å². The van der Waals surface area contributed by atoms with Crippen LogP contribution in [0.5, 0.6) is 11.5 Å². The van der Waals surface area contributed by atoms with Crippen molar-refractivity contribution in [2.75, 3.05) is 19.9 Å². The molecule has 4 rings (SSSR count). The Bertz CT molecular complexity index is 801. The van der Waals surface area contributed by atoms with Gasteiger partial charge in [0.25, 0.3) is 0 Å². The minimum atomic E-state index is -0.105. The van der Waals surface area contributed by atoms with Crippen molar-refractivity contribution in [3.05, 3.63) is 59.7 Å². The molecule has 2 aromatic rings. The number of amides is 1. The summed E-state index contributed by atoms with van der Waals surface area (Å²) in [5.41, 5.74) is 2.43. The van der Waals surface area contributed by atoms with Crippen LogP contribution in [-0.4, -0.2) is 36.7 Å². The summed E-state index contributed by atoms with van der Waals surface area (Å²) in [4.78, 5) is 14.9. The van der Waals surface area contributed by atoms with Gasteiger partial charge >= 0.3 is 0 Å². The number of hydrogen-bond donors (Lipinski definition) is 1. The average Bonchev–Trinajstić information content (AvgIpc) is 3.21. The first-order valence-electron chi connectivity index (χ1n) is 10.1. The quantitative estimate of drug-likeness (QED) is 0.835. The highest BCUT2D eigenvalue weighted by Crippen LogP contribution is 2.32. The molecule has 2 aliphatic heterocycles. The van der Waals surface area contributed by atoms with Crippen LogP contribution < -0.4 is 14.8 Å². The zero-order valence-corrected chi connectivity index (χ0v) is 16.4. The van der Waals surface area contributed by atoms with Crippen molar-refractivity contribution < 1.29 is 14.3 Å². The van der Waals surface area contributed by atoms with E-state index in [1.165, 1.54) is 5.56 Å². The van der Waals surface area contributed by atoms with Crippen molar-refractivity contribution in [2.24, 2.45) is 5.92 Å². The van der Waals surface area contributed by atoms with Crippen LogP contribution in [0.1, 0.15) is 30.9 Å². The summed E-state index contributed by atoms with van der Waals surface area (Å²) in [5.74, 6) is 2.31. The van der Waals surface area contributed by atoms with Gasteiger partial charge in [0.15, 0.2) is 11.5 Å². The smallest absolute Gasteiger partial charge is 0.237 e. The number of benzene rings is 2. The van der Waals surface area contributed by atoms with E-state index in [1.54, 1.807) is 0 Å². The predicted octanol–water partition coefficient (Wildman–Crippen LogP) is 3.37. The van der Waals surface area contributed by atoms with Crippen molar-refractivity contribution in [3.63, 3.8) is 0 Å². The molecule has 2 heterocycles. The standard InChI is InChI=1S/C23H28N2O3/c1-17(23(26)24-15-20-7-8-21-22(14-20)28-16-27-21)25-11-9-19(10-12-25)13-18-5-3-2-4-6-18/h2-8,14,17,19H,9-13,15-16H2,1H3,(H,24,26)/t17-/m1/s1. The summed E-state index contributed by atoms with van der Waals surface area (Å²) < 4.78 is 10.7. The largest absolute Gasteiger partial charge is 0.454 e. The van der Waals surface area contributed by atoms with Crippen molar-refractivity contribution in [1.29, 1.82) is 0 Å². The van der Waals surface area contributed by atoms with E-state index in [2.05, 4.69) is 40.5 Å². The van der Waals surface area contributed by atoms with Crippen LogP contribution in [-0.2, 0) is 17.8 Å². The third kappa shape index (κ3) is 4.47. The number of fused-ring (bicyclic) bond motifs is 1. The molecule has 0 saturated carbocycles. The zero-order valence-electron chi connectivity index (χ0n) is 16.4. The molecule has 1 amide bonds. The predicted molar refractivity (Wildman–Crippen MR) is 108 cm³/mol. The Morgan fingerprint density at radius 3 is 2.61 bits per heavy atom. The molecule has 0 aliphatic carbocycles. The minimum absolute atomic E-state index is 0.0826. The Morgan fingerprint density at radius 1 is 1.07 bits per heavy atom. The second kappa shape index (κ2) is 8.65. The third-order valence-corrected chi connectivity index (χ3v) is 5.85. The van der Waals surface area contributed by atoms with E-state index >= 15 is 0 Å². The van der Waals surface area contributed by atoms with Crippen LogP contribution in [0.15, 0.2) is 48.5 Å². The molecule has 1 N–H and O–H groups in total. The molecule has 1 atom stereocenters. The first-order chi connectivity index (χ1) is 13.7. The minimum Gasteiger partial charge on any atom is -0.454 e. The fourth-order valence-electron chi connectivity index (χ4n) is 4.05. The summed E-state index contributed by atoms with van der Waals surface area (Å²) in [5, 5.41) is 3.06. The maximum absolute atomic E-state index is 12.6. The van der Waals surface area contributed by atoms with Gasteiger partial charge in [0.05, 0.1) is 6.04 Å². The van der Waals surface area contributed by atoms with E-state index in [-0.39, 0.29) is 18.7 Å². The lowest BCUT2D eigenvalue weighted by Crippen LogP contribution is -2.48. The topological polar surface area (TPSA) is 50.8 Å². The van der Waals surface area contributed by atoms with Crippen molar-refractivity contribution in [3.8, 4) is 11.5 Å². The number of likely N-dealkylation sites (tertiary alicyclic amines) is 1. The molecular formula is C23H28N2O3. The van der Waals surface area contributed by atoms with Crippen molar-refractivity contribution in [2.45, 2.75) is 38.8 Å². The number of hydrogen-bond acceptors (Lipinski definition) is 4. The first kappa shape index (κ1) is 18.8. The fraction of sp³-hybridized carbons (Fsp3) is 0.435. The van der Waals surface area contributed by atoms with Gasteiger partial charge in [-0.1, -0.05) is 36.4 Å². The molecule has 0 unspecified atom stereocenters. The van der Waals surface area contributed by atoms with Crippen LogP contribution in [0, 0.1) is 5.92 Å². The van der Waals surface area contributed by atoms with Gasteiger partial charge < -0.3 is 14.8 Å². The first-order valence-corrected chi connectivity index (χ1v) is 10.1. The molecule has 1 fully saturated rings. The third-order valence-electron chi connectivity index (χ3n) is 5.85. The van der Waals surface area contributed by atoms with Crippen molar-refractivity contribution >= 4 is 5.91 Å². The molecule has 5 heteroatoms. The number of carbonyl (C=O) groups is 1. The molecule has 2 aromatic carbocycles. The van der Waals surface area contributed by atoms with Crippen LogP contribution in [0.25, 0.3) is 0 Å². The lowest BCUT2D eigenvalue weighted by atomic mass is 9.89. The zero-order chi connectivity index (χ0) is 19.3. The van der Waals surface area contributed by atoms with Gasteiger partial charge in [0.1, 0.15) is 0 Å². The van der Waals surface area contributed by atoms with E-state index in [4.69, 9.17) is 9.47 Å². The van der Waals surface area contributed by atoms with E-state index in [9.17, 15) is 4.79 Å². The number of nitrogens with one attached hydrogen (secondary N) is 1. The highest BCUT2D eigenvalue weighted by atomic mass is 16.7. The van der Waals surface area contributed by atoms with Crippen LogP contribution in [0.3, 0.4) is 0 Å². The lowest BCUT2D eigenvalue weighted by Gasteiger charge is -2.35. The Hall–Kier alpha value is -2.53. The highest BCUT2D eigenvalue weighted by molar-refractivity contribution is 5.81. The lowest BCUT2D eigenvalue weighted by molar-refractivity contribution is -0.126. The van der Waals surface area contributed by atoms with Gasteiger partial charge in [-0.05, 0) is 68.5 Å². The maximum atomic E-state index is 12.6. The van der Waals surface area contributed by atoms with Crippen molar-refractivity contribution in [1.82, 2.24) is 10.2 Å². The second-order valence-electron chi connectivity index (χ2n) is 7.75. The molecule has 5 nitrogen and oxygen atoms in total. The molecule has 2 aliphatic rings. The van der Waals surface area contributed by atoms with Crippen LogP contribution >= 0.6 is 0 Å². The molecule has 1 saturated heterocycles. The number of rotatable bonds is 6. The molecular weight excluding hydrogens is 352 g/mol. The molecule has 28 heavy (non-hydrogen) atoms. The summed E-state index contributed by atoms with van der Waals surface area (Å²) in [6, 6.07) is 16.4. The Kier molecular flexibility index (Phi) is 5.81. The molecule has 148 valence electrons. The Balaban J connectivity index is 1.23. The molecule has 0 radical (unpaired) electrons. The van der Waals surface area contributed by atoms with E-state index in [0.717, 1.165) is 49.4 Å². The van der Waals surface area contributed by atoms with Gasteiger partial charge in [-0.25, -0.2) is 0 Å². The van der Waals surface area contributed by atoms with E-state index in [1.807, 2.05) is 25.1 Å².